The lowest BCUT2D eigenvalue weighted by Crippen LogP contribution is -2.48. The van der Waals surface area contributed by atoms with Gasteiger partial charge in [0.2, 0.25) is 11.8 Å². The lowest BCUT2D eigenvalue weighted by molar-refractivity contribution is -0.141. The van der Waals surface area contributed by atoms with Crippen LogP contribution in [-0.4, -0.2) is 55.2 Å². The van der Waals surface area contributed by atoms with Crippen LogP contribution in [0.2, 0.25) is 0 Å². The predicted molar refractivity (Wildman–Crippen MR) is 130 cm³/mol. The molecule has 9 heteroatoms. The maximum absolute atomic E-state index is 13.5. The van der Waals surface area contributed by atoms with E-state index in [0.717, 1.165) is 17.1 Å². The van der Waals surface area contributed by atoms with Crippen LogP contribution in [0.25, 0.3) is 5.69 Å². The lowest BCUT2D eigenvalue weighted by atomic mass is 9.91. The Labute approximate surface area is 205 Å². The summed E-state index contributed by atoms with van der Waals surface area (Å²) in [4.78, 5) is 32.5. The standard InChI is InChI=1S/C26H33N5O4/c1-15(2)24(23-12-16(3)29-35-23)26(34)31-14-21(32)13-22(31)25(33)28-17(4)19-6-8-20(9-7-19)30-11-10-27-18(30)5/h6-12,15,17,21-22,24,32H,13-14H2,1-5H3,(H,28,33)/t17-,21+,22-,24-/m0/s1. The molecule has 0 aliphatic carbocycles. The molecule has 9 nitrogen and oxygen atoms in total. The molecule has 2 aromatic heterocycles. The highest BCUT2D eigenvalue weighted by Crippen LogP contribution is 2.31. The lowest BCUT2D eigenvalue weighted by Gasteiger charge is -2.29. The molecule has 0 radical (unpaired) electrons. The fraction of sp³-hybridized carbons (Fsp3) is 0.462. The summed E-state index contributed by atoms with van der Waals surface area (Å²) in [5, 5.41) is 17.3. The summed E-state index contributed by atoms with van der Waals surface area (Å²) >= 11 is 0. The molecular weight excluding hydrogens is 446 g/mol. The molecular formula is C26H33N5O4. The fourth-order valence-electron chi connectivity index (χ4n) is 4.72. The van der Waals surface area contributed by atoms with Crippen molar-refractivity contribution in [2.24, 2.45) is 5.92 Å². The van der Waals surface area contributed by atoms with Crippen molar-refractivity contribution >= 4 is 11.8 Å². The zero-order valence-electron chi connectivity index (χ0n) is 20.8. The molecule has 35 heavy (non-hydrogen) atoms. The number of nitrogens with zero attached hydrogens (tertiary/aromatic N) is 4. The molecule has 4 atom stereocenters. The van der Waals surface area contributed by atoms with Gasteiger partial charge in [-0.15, -0.1) is 0 Å². The molecule has 186 valence electrons. The van der Waals surface area contributed by atoms with Crippen molar-refractivity contribution in [3.05, 3.63) is 65.6 Å². The summed E-state index contributed by atoms with van der Waals surface area (Å²) in [5.74, 6) is 0.212. The van der Waals surface area contributed by atoms with E-state index in [2.05, 4.69) is 15.5 Å². The number of aliphatic hydroxyl groups excluding tert-OH is 1. The molecule has 0 unspecified atom stereocenters. The summed E-state index contributed by atoms with van der Waals surface area (Å²) in [6.07, 6.45) is 3.09. The molecule has 3 heterocycles. The number of imidazole rings is 1. The second-order valence-corrected chi connectivity index (χ2v) is 9.65. The van der Waals surface area contributed by atoms with Crippen molar-refractivity contribution in [3.63, 3.8) is 0 Å². The Morgan fingerprint density at radius 1 is 1.17 bits per heavy atom. The number of rotatable bonds is 7. The van der Waals surface area contributed by atoms with Crippen molar-refractivity contribution in [1.29, 1.82) is 0 Å². The Hall–Kier alpha value is -3.46. The number of aliphatic hydroxyl groups is 1. The van der Waals surface area contributed by atoms with E-state index in [1.807, 2.05) is 62.7 Å². The molecule has 0 spiro atoms. The molecule has 2 amide bonds. The summed E-state index contributed by atoms with van der Waals surface area (Å²) in [6, 6.07) is 8.62. The van der Waals surface area contributed by atoms with Gasteiger partial charge in [0.1, 0.15) is 23.5 Å². The van der Waals surface area contributed by atoms with Crippen LogP contribution in [0, 0.1) is 19.8 Å². The van der Waals surface area contributed by atoms with E-state index >= 15 is 0 Å². The highest BCUT2D eigenvalue weighted by molar-refractivity contribution is 5.91. The number of amides is 2. The predicted octanol–water partition coefficient (Wildman–Crippen LogP) is 3.06. The first-order valence-corrected chi connectivity index (χ1v) is 12.0. The molecule has 1 saturated heterocycles. The van der Waals surface area contributed by atoms with Gasteiger partial charge in [-0.3, -0.25) is 9.59 Å². The van der Waals surface area contributed by atoms with Gasteiger partial charge in [-0.25, -0.2) is 4.98 Å². The van der Waals surface area contributed by atoms with Crippen LogP contribution in [0.3, 0.4) is 0 Å². The minimum absolute atomic E-state index is 0.0622. The van der Waals surface area contributed by atoms with Crippen LogP contribution in [0.15, 0.2) is 47.2 Å². The minimum Gasteiger partial charge on any atom is -0.391 e. The largest absolute Gasteiger partial charge is 0.391 e. The average Bonchev–Trinajstić information content (AvgIpc) is 3.53. The van der Waals surface area contributed by atoms with Gasteiger partial charge in [-0.05, 0) is 44.4 Å². The molecule has 0 saturated carbocycles. The third-order valence-electron chi connectivity index (χ3n) is 6.61. The maximum Gasteiger partial charge on any atom is 0.243 e. The number of hydrogen-bond acceptors (Lipinski definition) is 6. The van der Waals surface area contributed by atoms with Crippen LogP contribution in [-0.2, 0) is 9.59 Å². The maximum atomic E-state index is 13.5. The molecule has 1 aromatic carbocycles. The third kappa shape index (κ3) is 5.14. The van der Waals surface area contributed by atoms with Crippen LogP contribution in [0.4, 0.5) is 0 Å². The number of carbonyl (C=O) groups excluding carboxylic acids is 2. The quantitative estimate of drug-likeness (QED) is 0.539. The molecule has 1 aliphatic rings. The monoisotopic (exact) mass is 479 g/mol. The summed E-state index contributed by atoms with van der Waals surface area (Å²) in [7, 11) is 0. The molecule has 1 aliphatic heterocycles. The molecule has 1 fully saturated rings. The zero-order valence-corrected chi connectivity index (χ0v) is 20.8. The van der Waals surface area contributed by atoms with Crippen molar-refractivity contribution in [2.75, 3.05) is 6.54 Å². The summed E-state index contributed by atoms with van der Waals surface area (Å²) in [5.41, 5.74) is 2.62. The van der Waals surface area contributed by atoms with E-state index in [-0.39, 0.29) is 36.7 Å². The topological polar surface area (TPSA) is 113 Å². The van der Waals surface area contributed by atoms with Gasteiger partial charge in [0, 0.05) is 37.1 Å². The van der Waals surface area contributed by atoms with Gasteiger partial charge in [-0.1, -0.05) is 31.1 Å². The first-order valence-electron chi connectivity index (χ1n) is 12.0. The normalized spacial score (nSPS) is 19.7. The molecule has 2 N–H and O–H groups in total. The Bertz CT molecular complexity index is 1180. The molecule has 3 aromatic rings. The van der Waals surface area contributed by atoms with E-state index in [1.54, 1.807) is 19.2 Å². The van der Waals surface area contributed by atoms with Crippen molar-refractivity contribution in [1.82, 2.24) is 24.9 Å². The Kier molecular flexibility index (Phi) is 7.07. The summed E-state index contributed by atoms with van der Waals surface area (Å²) in [6.45, 7) is 9.61. The number of nitrogens with one attached hydrogen (secondary N) is 1. The van der Waals surface area contributed by atoms with Crippen LogP contribution in [0.1, 0.15) is 62.0 Å². The van der Waals surface area contributed by atoms with E-state index in [1.165, 1.54) is 4.90 Å². The Balaban J connectivity index is 1.47. The van der Waals surface area contributed by atoms with Gasteiger partial charge in [0.25, 0.3) is 0 Å². The van der Waals surface area contributed by atoms with Crippen molar-refractivity contribution in [3.8, 4) is 5.69 Å². The van der Waals surface area contributed by atoms with E-state index in [4.69, 9.17) is 4.52 Å². The van der Waals surface area contributed by atoms with Gasteiger partial charge >= 0.3 is 0 Å². The number of hydrogen-bond donors (Lipinski definition) is 2. The molecule has 4 rings (SSSR count). The highest BCUT2D eigenvalue weighted by Gasteiger charge is 2.43. The zero-order chi connectivity index (χ0) is 25.3. The number of carbonyl (C=O) groups is 2. The average molecular weight is 480 g/mol. The SMILES string of the molecule is Cc1cc([C@@H](C(=O)N2C[C@H](O)C[C@H]2C(=O)N[C@@H](C)c2ccc(-n3ccnc3C)cc2)C(C)C)on1. The third-order valence-corrected chi connectivity index (χ3v) is 6.61. The number of aromatic nitrogens is 3. The smallest absolute Gasteiger partial charge is 0.243 e. The van der Waals surface area contributed by atoms with Crippen LogP contribution < -0.4 is 5.32 Å². The van der Waals surface area contributed by atoms with Gasteiger partial charge in [-0.2, -0.15) is 0 Å². The first kappa shape index (κ1) is 24.7. The number of benzene rings is 1. The Morgan fingerprint density at radius 2 is 1.89 bits per heavy atom. The van der Waals surface area contributed by atoms with E-state index in [0.29, 0.717) is 11.5 Å². The van der Waals surface area contributed by atoms with Gasteiger partial charge < -0.3 is 24.4 Å². The van der Waals surface area contributed by atoms with Crippen molar-refractivity contribution < 1.29 is 19.2 Å². The van der Waals surface area contributed by atoms with Gasteiger partial charge in [0.05, 0.1) is 17.8 Å². The van der Waals surface area contributed by atoms with Crippen molar-refractivity contribution in [2.45, 2.75) is 65.1 Å². The second-order valence-electron chi connectivity index (χ2n) is 9.65. The van der Waals surface area contributed by atoms with E-state index in [9.17, 15) is 14.7 Å². The summed E-state index contributed by atoms with van der Waals surface area (Å²) < 4.78 is 7.37. The number of aryl methyl sites for hydroxylation is 2. The molecule has 0 bridgehead atoms. The fourth-order valence-corrected chi connectivity index (χ4v) is 4.72. The minimum atomic E-state index is -0.757. The second kappa shape index (κ2) is 10.0. The first-order chi connectivity index (χ1) is 16.7. The number of β-amino-alcohol motifs (C(OH)–C–C–N with tert-alkyl or cyclic N) is 1. The van der Waals surface area contributed by atoms with Crippen LogP contribution >= 0.6 is 0 Å². The highest BCUT2D eigenvalue weighted by atomic mass is 16.5. The van der Waals surface area contributed by atoms with E-state index < -0.39 is 18.1 Å². The van der Waals surface area contributed by atoms with Gasteiger partial charge in [0.15, 0.2) is 0 Å². The Morgan fingerprint density at radius 3 is 2.46 bits per heavy atom. The van der Waals surface area contributed by atoms with Crippen LogP contribution in [0.5, 0.6) is 0 Å². The number of likely N-dealkylation sites (tertiary alicyclic amines) is 1.